The van der Waals surface area contributed by atoms with Crippen molar-refractivity contribution >= 4 is 32.6 Å². The van der Waals surface area contributed by atoms with Crippen LogP contribution in [0.5, 0.6) is 0 Å². The molecular formula is C16H10N2. The third-order valence-corrected chi connectivity index (χ3v) is 3.34. The smallest absolute Gasteiger partial charge is 0.160 e. The summed E-state index contributed by atoms with van der Waals surface area (Å²) in [5, 5.41) is 5.89. The second-order valence-electron chi connectivity index (χ2n) is 4.39. The van der Waals surface area contributed by atoms with Gasteiger partial charge in [-0.05, 0) is 10.8 Å². The molecule has 2 nitrogen and oxygen atoms in total. The molecule has 4 aromatic rings. The second-order valence-corrected chi connectivity index (χ2v) is 4.39. The summed E-state index contributed by atoms with van der Waals surface area (Å²) < 4.78 is 0. The fourth-order valence-electron chi connectivity index (χ4n) is 2.48. The molecule has 0 aliphatic heterocycles. The second kappa shape index (κ2) is 3.50. The van der Waals surface area contributed by atoms with E-state index in [4.69, 9.17) is 0 Å². The molecule has 0 radical (unpaired) electrons. The molecule has 2 aromatic heterocycles. The van der Waals surface area contributed by atoms with E-state index in [0.29, 0.717) is 0 Å². The van der Waals surface area contributed by atoms with Crippen LogP contribution in [0.25, 0.3) is 32.6 Å². The highest BCUT2D eigenvalue weighted by Gasteiger charge is 2.06. The first-order valence-corrected chi connectivity index (χ1v) is 5.95. The number of hydrogen-bond acceptors (Lipinski definition) is 2. The van der Waals surface area contributed by atoms with Crippen molar-refractivity contribution in [2.45, 2.75) is 0 Å². The van der Waals surface area contributed by atoms with Crippen molar-refractivity contribution in [3.8, 4) is 0 Å². The Balaban J connectivity index is 2.38. The van der Waals surface area contributed by atoms with Crippen LogP contribution in [-0.4, -0.2) is 9.97 Å². The van der Waals surface area contributed by atoms with E-state index in [9.17, 15) is 0 Å². The zero-order chi connectivity index (χ0) is 11.9. The molecule has 0 atom stereocenters. The van der Waals surface area contributed by atoms with Gasteiger partial charge in [0.15, 0.2) is 5.65 Å². The standard InChI is InChI=1S/C16H10N2/c1-3-7-13-11(5-1)9-17-16-15(13)14-8-4-2-6-12(14)10-18-16/h1-10H. The van der Waals surface area contributed by atoms with Gasteiger partial charge in [-0.25, -0.2) is 9.97 Å². The zero-order valence-corrected chi connectivity index (χ0v) is 9.67. The van der Waals surface area contributed by atoms with Crippen LogP contribution in [0.4, 0.5) is 0 Å². The van der Waals surface area contributed by atoms with Crippen molar-refractivity contribution in [2.24, 2.45) is 0 Å². The molecule has 4 rings (SSSR count). The van der Waals surface area contributed by atoms with Crippen molar-refractivity contribution in [1.29, 1.82) is 0 Å². The van der Waals surface area contributed by atoms with Gasteiger partial charge >= 0.3 is 0 Å². The Hall–Kier alpha value is -2.48. The highest BCUT2D eigenvalue weighted by molar-refractivity contribution is 6.17. The molecule has 0 unspecified atom stereocenters. The van der Waals surface area contributed by atoms with Gasteiger partial charge in [-0.15, -0.1) is 0 Å². The predicted octanol–water partition coefficient (Wildman–Crippen LogP) is 3.94. The zero-order valence-electron chi connectivity index (χ0n) is 9.67. The largest absolute Gasteiger partial charge is 0.236 e. The van der Waals surface area contributed by atoms with E-state index in [0.717, 1.165) is 21.8 Å². The van der Waals surface area contributed by atoms with Crippen LogP contribution in [-0.2, 0) is 0 Å². The minimum atomic E-state index is 0.812. The summed E-state index contributed by atoms with van der Waals surface area (Å²) in [5.41, 5.74) is 0.812. The molecule has 2 heterocycles. The van der Waals surface area contributed by atoms with Crippen LogP contribution < -0.4 is 0 Å². The lowest BCUT2D eigenvalue weighted by atomic mass is 10.0. The lowest BCUT2D eigenvalue weighted by Crippen LogP contribution is -1.87. The average Bonchev–Trinajstić information content (AvgIpc) is 2.46. The Bertz CT molecular complexity index is 811. The fourth-order valence-corrected chi connectivity index (χ4v) is 2.48. The predicted molar refractivity (Wildman–Crippen MR) is 74.6 cm³/mol. The molecule has 0 bridgehead atoms. The number of rotatable bonds is 0. The third kappa shape index (κ3) is 1.23. The maximum absolute atomic E-state index is 4.45. The lowest BCUT2D eigenvalue weighted by molar-refractivity contribution is 1.32. The molecule has 0 aliphatic carbocycles. The molecule has 0 amide bonds. The normalized spacial score (nSPS) is 11.3. The first-order chi connectivity index (χ1) is 8.93. The first kappa shape index (κ1) is 9.54. The van der Waals surface area contributed by atoms with Gasteiger partial charge in [0.1, 0.15) is 0 Å². The molecule has 84 valence electrons. The molecule has 0 spiro atoms. The number of hydrogen-bond donors (Lipinski definition) is 0. The number of pyridine rings is 2. The van der Waals surface area contributed by atoms with Gasteiger partial charge in [0.25, 0.3) is 0 Å². The van der Waals surface area contributed by atoms with Crippen molar-refractivity contribution in [3.05, 3.63) is 60.9 Å². The van der Waals surface area contributed by atoms with Gasteiger partial charge in [-0.1, -0.05) is 48.5 Å². The summed E-state index contributed by atoms with van der Waals surface area (Å²) in [6, 6.07) is 16.6. The van der Waals surface area contributed by atoms with E-state index in [1.54, 1.807) is 0 Å². The topological polar surface area (TPSA) is 25.8 Å². The third-order valence-electron chi connectivity index (χ3n) is 3.34. The molecule has 0 N–H and O–H groups in total. The maximum Gasteiger partial charge on any atom is 0.160 e. The van der Waals surface area contributed by atoms with Gasteiger partial charge in [-0.3, -0.25) is 0 Å². The molecule has 0 aliphatic rings. The maximum atomic E-state index is 4.45. The summed E-state index contributed by atoms with van der Waals surface area (Å²) in [6.45, 7) is 0. The van der Waals surface area contributed by atoms with Crippen LogP contribution >= 0.6 is 0 Å². The number of benzene rings is 2. The van der Waals surface area contributed by atoms with Gasteiger partial charge < -0.3 is 0 Å². The average molecular weight is 230 g/mol. The summed E-state index contributed by atoms with van der Waals surface area (Å²) >= 11 is 0. The van der Waals surface area contributed by atoms with E-state index < -0.39 is 0 Å². The van der Waals surface area contributed by atoms with Crippen LogP contribution in [0.15, 0.2) is 60.9 Å². The van der Waals surface area contributed by atoms with E-state index >= 15 is 0 Å². The minimum absolute atomic E-state index is 0.812. The first-order valence-electron chi connectivity index (χ1n) is 5.95. The van der Waals surface area contributed by atoms with E-state index in [1.165, 1.54) is 10.8 Å². The van der Waals surface area contributed by atoms with Crippen molar-refractivity contribution in [2.75, 3.05) is 0 Å². The summed E-state index contributed by atoms with van der Waals surface area (Å²) in [5.74, 6) is 0. The van der Waals surface area contributed by atoms with E-state index in [1.807, 2.05) is 24.5 Å². The monoisotopic (exact) mass is 230 g/mol. The lowest BCUT2D eigenvalue weighted by Gasteiger charge is -2.05. The minimum Gasteiger partial charge on any atom is -0.236 e. The Labute approximate surface area is 104 Å². The van der Waals surface area contributed by atoms with Crippen LogP contribution in [0, 0.1) is 0 Å². The Morgan fingerprint density at radius 3 is 1.67 bits per heavy atom. The number of aromatic nitrogens is 2. The molecule has 18 heavy (non-hydrogen) atoms. The van der Waals surface area contributed by atoms with Crippen LogP contribution in [0.2, 0.25) is 0 Å². The Morgan fingerprint density at radius 2 is 1.11 bits per heavy atom. The molecule has 0 saturated heterocycles. The quantitative estimate of drug-likeness (QED) is 0.428. The molecular weight excluding hydrogens is 220 g/mol. The Kier molecular flexibility index (Phi) is 1.86. The van der Waals surface area contributed by atoms with Crippen molar-refractivity contribution in [1.82, 2.24) is 9.97 Å². The molecule has 0 saturated carbocycles. The molecule has 2 heteroatoms. The van der Waals surface area contributed by atoms with Gasteiger partial charge in [0, 0.05) is 28.6 Å². The summed E-state index contributed by atoms with van der Waals surface area (Å²) in [4.78, 5) is 8.90. The van der Waals surface area contributed by atoms with E-state index in [-0.39, 0.29) is 0 Å². The van der Waals surface area contributed by atoms with Crippen molar-refractivity contribution in [3.63, 3.8) is 0 Å². The van der Waals surface area contributed by atoms with E-state index in [2.05, 4.69) is 46.4 Å². The Morgan fingerprint density at radius 1 is 0.611 bits per heavy atom. The number of fused-ring (bicyclic) bond motifs is 5. The van der Waals surface area contributed by atoms with Crippen LogP contribution in [0.1, 0.15) is 0 Å². The highest BCUT2D eigenvalue weighted by atomic mass is 14.8. The van der Waals surface area contributed by atoms with Gasteiger partial charge in [0.05, 0.1) is 0 Å². The molecule has 0 fully saturated rings. The molecule has 2 aromatic carbocycles. The SMILES string of the molecule is c1ccc2c(c1)cnc1ncc3ccccc3c12. The van der Waals surface area contributed by atoms with Gasteiger partial charge in [0.2, 0.25) is 0 Å². The number of nitrogens with zero attached hydrogens (tertiary/aromatic N) is 2. The van der Waals surface area contributed by atoms with Crippen molar-refractivity contribution < 1.29 is 0 Å². The highest BCUT2D eigenvalue weighted by Crippen LogP contribution is 2.28. The van der Waals surface area contributed by atoms with Gasteiger partial charge in [-0.2, -0.15) is 0 Å². The fraction of sp³-hybridized carbons (Fsp3) is 0. The summed E-state index contributed by atoms with van der Waals surface area (Å²) in [6.07, 6.45) is 3.78. The summed E-state index contributed by atoms with van der Waals surface area (Å²) in [7, 11) is 0. The van der Waals surface area contributed by atoms with Crippen LogP contribution in [0.3, 0.4) is 0 Å².